The molecular formula is C21H17ClN6O6. The van der Waals surface area contributed by atoms with E-state index in [1.165, 1.54) is 19.2 Å². The van der Waals surface area contributed by atoms with Crippen molar-refractivity contribution in [1.29, 1.82) is 0 Å². The normalized spacial score (nSPS) is 14.5. The second-order valence-corrected chi connectivity index (χ2v) is 7.68. The van der Waals surface area contributed by atoms with Crippen molar-refractivity contribution >= 4 is 52.2 Å². The summed E-state index contributed by atoms with van der Waals surface area (Å²) >= 11 is 5.87. The molecule has 0 saturated heterocycles. The van der Waals surface area contributed by atoms with Gasteiger partial charge in [-0.3, -0.25) is 29.5 Å². The Balaban J connectivity index is 1.63. The van der Waals surface area contributed by atoms with E-state index in [0.29, 0.717) is 10.7 Å². The zero-order valence-electron chi connectivity index (χ0n) is 17.5. The van der Waals surface area contributed by atoms with Gasteiger partial charge in [0.2, 0.25) is 17.8 Å². The number of nitro benzene ring substituents is 1. The highest BCUT2D eigenvalue weighted by Crippen LogP contribution is 2.33. The van der Waals surface area contributed by atoms with Crippen LogP contribution in [0.25, 0.3) is 0 Å². The van der Waals surface area contributed by atoms with Crippen LogP contribution in [0.3, 0.4) is 0 Å². The van der Waals surface area contributed by atoms with Gasteiger partial charge >= 0.3 is 0 Å². The molecule has 0 bridgehead atoms. The van der Waals surface area contributed by atoms with E-state index in [1.807, 2.05) is 0 Å². The van der Waals surface area contributed by atoms with E-state index in [1.54, 1.807) is 24.3 Å². The first-order chi connectivity index (χ1) is 16.2. The molecule has 0 fully saturated rings. The summed E-state index contributed by atoms with van der Waals surface area (Å²) in [5.74, 6) is -2.26. The molecular weight excluding hydrogens is 468 g/mol. The molecule has 0 spiro atoms. The van der Waals surface area contributed by atoms with E-state index >= 15 is 0 Å². The maximum atomic E-state index is 13.0. The molecule has 1 aliphatic rings. The minimum absolute atomic E-state index is 0.0142. The number of methoxy groups -OCH3 is 1. The molecule has 2 heterocycles. The van der Waals surface area contributed by atoms with E-state index in [9.17, 15) is 24.5 Å². The van der Waals surface area contributed by atoms with E-state index < -0.39 is 28.2 Å². The number of aromatic amines is 1. The zero-order chi connectivity index (χ0) is 24.4. The summed E-state index contributed by atoms with van der Waals surface area (Å²) in [7, 11) is 1.29. The fourth-order valence-corrected chi connectivity index (χ4v) is 3.57. The molecule has 0 aliphatic carbocycles. The Kier molecular flexibility index (Phi) is 6.15. The number of carbonyl (C=O) groups is 2. The number of H-pyrrole nitrogens is 1. The highest BCUT2D eigenvalue weighted by atomic mass is 35.5. The van der Waals surface area contributed by atoms with Crippen molar-refractivity contribution in [2.24, 2.45) is 0 Å². The van der Waals surface area contributed by atoms with Gasteiger partial charge in [-0.15, -0.1) is 0 Å². The quantitative estimate of drug-likeness (QED) is 0.305. The van der Waals surface area contributed by atoms with Gasteiger partial charge in [-0.25, -0.2) is 0 Å². The summed E-state index contributed by atoms with van der Waals surface area (Å²) in [5.41, 5.74) is -0.110. The molecule has 12 nitrogen and oxygen atoms in total. The molecule has 13 heteroatoms. The molecule has 0 radical (unpaired) electrons. The highest BCUT2D eigenvalue weighted by molar-refractivity contribution is 6.30. The highest BCUT2D eigenvalue weighted by Gasteiger charge is 2.35. The average molecular weight is 485 g/mol. The number of benzene rings is 2. The summed E-state index contributed by atoms with van der Waals surface area (Å²) in [6.07, 6.45) is -0.289. The minimum atomic E-state index is -1.15. The zero-order valence-corrected chi connectivity index (χ0v) is 18.3. The lowest BCUT2D eigenvalue weighted by Gasteiger charge is -2.24. The first kappa shape index (κ1) is 22.7. The van der Waals surface area contributed by atoms with Gasteiger partial charge in [-0.1, -0.05) is 11.6 Å². The van der Waals surface area contributed by atoms with Crippen LogP contribution >= 0.6 is 11.6 Å². The molecule has 1 aromatic heterocycles. The van der Waals surface area contributed by atoms with Crippen LogP contribution in [0.1, 0.15) is 17.9 Å². The summed E-state index contributed by atoms with van der Waals surface area (Å²) in [6.45, 7) is 0. The average Bonchev–Trinajstić information content (AvgIpc) is 2.79. The molecule has 4 N–H and O–H groups in total. The molecule has 0 saturated carbocycles. The minimum Gasteiger partial charge on any atom is -0.494 e. The van der Waals surface area contributed by atoms with Crippen LogP contribution in [0.4, 0.5) is 28.8 Å². The maximum Gasteiger partial charge on any atom is 0.273 e. The number of anilines is 4. The first-order valence-electron chi connectivity index (χ1n) is 9.85. The summed E-state index contributed by atoms with van der Waals surface area (Å²) in [4.78, 5) is 55.3. The van der Waals surface area contributed by atoms with Crippen LogP contribution in [0, 0.1) is 10.1 Å². The third-order valence-electron chi connectivity index (χ3n) is 5.03. The van der Waals surface area contributed by atoms with Gasteiger partial charge in [0.1, 0.15) is 11.6 Å². The van der Waals surface area contributed by atoms with Crippen LogP contribution in [0.2, 0.25) is 5.02 Å². The van der Waals surface area contributed by atoms with Crippen molar-refractivity contribution < 1.29 is 19.2 Å². The first-order valence-corrected chi connectivity index (χ1v) is 10.2. The smallest absolute Gasteiger partial charge is 0.273 e. The summed E-state index contributed by atoms with van der Waals surface area (Å²) < 4.78 is 5.12. The predicted molar refractivity (Wildman–Crippen MR) is 124 cm³/mol. The Labute approximate surface area is 196 Å². The third kappa shape index (κ3) is 4.66. The number of fused-ring (bicyclic) bond motifs is 1. The number of hydrogen-bond acceptors (Lipinski definition) is 8. The number of rotatable bonds is 6. The van der Waals surface area contributed by atoms with E-state index in [0.717, 1.165) is 6.07 Å². The van der Waals surface area contributed by atoms with Crippen molar-refractivity contribution in [3.8, 4) is 5.75 Å². The van der Waals surface area contributed by atoms with Crippen LogP contribution in [-0.2, 0) is 9.59 Å². The van der Waals surface area contributed by atoms with Crippen LogP contribution in [0.5, 0.6) is 5.75 Å². The maximum absolute atomic E-state index is 13.0. The number of hydrogen-bond donors (Lipinski definition) is 4. The molecule has 1 atom stereocenters. The molecule has 2 amide bonds. The molecule has 174 valence electrons. The Bertz CT molecular complexity index is 1360. The van der Waals surface area contributed by atoms with Gasteiger partial charge in [-0.05, 0) is 30.3 Å². The molecule has 3 aromatic rings. The lowest BCUT2D eigenvalue weighted by molar-refractivity contribution is -0.384. The topological polar surface area (TPSA) is 168 Å². The van der Waals surface area contributed by atoms with Gasteiger partial charge in [0, 0.05) is 23.2 Å². The second-order valence-electron chi connectivity index (χ2n) is 7.24. The standard InChI is InChI=1S/C21H17ClN6O6/c1-34-15-8-12(28(32)33)6-7-14(15)24-19(30)13-9-16(29)25-18-17(13)20(31)27-21(26-18)23-11-4-2-10(22)3-5-11/h2-8,13H,9H2,1H3,(H,24,30)(H3,23,25,26,27,29,31)/t13-/m0/s1. The number of nitro groups is 1. The Morgan fingerprint density at radius 1 is 1.24 bits per heavy atom. The van der Waals surface area contributed by atoms with Crippen molar-refractivity contribution in [2.45, 2.75) is 12.3 Å². The van der Waals surface area contributed by atoms with Gasteiger partial charge in [-0.2, -0.15) is 4.98 Å². The van der Waals surface area contributed by atoms with Crippen molar-refractivity contribution in [1.82, 2.24) is 9.97 Å². The number of halogens is 1. The van der Waals surface area contributed by atoms with E-state index in [2.05, 4.69) is 25.9 Å². The summed E-state index contributed by atoms with van der Waals surface area (Å²) in [5, 5.41) is 19.5. The number of carbonyl (C=O) groups excluding carboxylic acids is 2. The number of nitrogens with one attached hydrogen (secondary N) is 4. The lowest BCUT2D eigenvalue weighted by atomic mass is 9.92. The SMILES string of the molecule is COc1cc([N+](=O)[O-])ccc1NC(=O)[C@H]1CC(=O)Nc2nc(Nc3ccc(Cl)cc3)[nH]c(=O)c21. The van der Waals surface area contributed by atoms with Crippen molar-refractivity contribution in [3.63, 3.8) is 0 Å². The van der Waals surface area contributed by atoms with Gasteiger partial charge in [0.25, 0.3) is 11.2 Å². The number of nitrogens with zero attached hydrogens (tertiary/aromatic N) is 2. The number of ether oxygens (including phenoxy) is 1. The number of aromatic nitrogens is 2. The van der Waals surface area contributed by atoms with E-state index in [-0.39, 0.29) is 40.9 Å². The Hall–Kier alpha value is -4.45. The van der Waals surface area contributed by atoms with Gasteiger partial charge < -0.3 is 20.7 Å². The number of amides is 2. The van der Waals surface area contributed by atoms with Crippen LogP contribution in [-0.4, -0.2) is 33.8 Å². The van der Waals surface area contributed by atoms with Gasteiger partial charge in [0.15, 0.2) is 0 Å². The Morgan fingerprint density at radius 3 is 2.65 bits per heavy atom. The fraction of sp³-hybridized carbons (Fsp3) is 0.143. The van der Waals surface area contributed by atoms with Crippen molar-refractivity contribution in [2.75, 3.05) is 23.1 Å². The predicted octanol–water partition coefficient (Wildman–Crippen LogP) is 3.15. The molecule has 1 aliphatic heterocycles. The molecule has 34 heavy (non-hydrogen) atoms. The third-order valence-corrected chi connectivity index (χ3v) is 5.28. The monoisotopic (exact) mass is 484 g/mol. The van der Waals surface area contributed by atoms with E-state index in [4.69, 9.17) is 16.3 Å². The number of non-ortho nitro benzene ring substituents is 1. The summed E-state index contributed by atoms with van der Waals surface area (Å²) in [6, 6.07) is 10.3. The van der Waals surface area contributed by atoms with Gasteiger partial charge in [0.05, 0.1) is 35.3 Å². The molecule has 4 rings (SSSR count). The Morgan fingerprint density at radius 2 is 1.97 bits per heavy atom. The molecule has 2 aromatic carbocycles. The van der Waals surface area contributed by atoms with Crippen LogP contribution in [0.15, 0.2) is 47.3 Å². The van der Waals surface area contributed by atoms with Crippen molar-refractivity contribution in [3.05, 3.63) is 73.5 Å². The second kappa shape index (κ2) is 9.19. The largest absolute Gasteiger partial charge is 0.494 e. The molecule has 0 unspecified atom stereocenters. The fourth-order valence-electron chi connectivity index (χ4n) is 3.44. The lowest BCUT2D eigenvalue weighted by Crippen LogP contribution is -2.36. The van der Waals surface area contributed by atoms with Crippen LogP contribution < -0.4 is 26.2 Å².